The van der Waals surface area contributed by atoms with Gasteiger partial charge in [-0.2, -0.15) is 5.10 Å². The van der Waals surface area contributed by atoms with Crippen LogP contribution in [-0.2, 0) is 5.54 Å². The second-order valence-electron chi connectivity index (χ2n) is 9.33. The maximum Gasteiger partial charge on any atom is 0.173 e. The Bertz CT molecular complexity index is 1110. The molecule has 4 rings (SSSR count). The largest absolute Gasteiger partial charge is 0.239 e. The Labute approximate surface area is 202 Å². The minimum Gasteiger partial charge on any atom is -0.239 e. The first-order valence-corrected chi connectivity index (χ1v) is 11.9. The van der Waals surface area contributed by atoms with Crippen LogP contribution in [0.4, 0.5) is 4.39 Å². The van der Waals surface area contributed by atoms with E-state index >= 15 is 4.39 Å². The second-order valence-corrected chi connectivity index (χ2v) is 9.33. The van der Waals surface area contributed by atoms with Crippen LogP contribution in [-0.4, -0.2) is 20.4 Å². The van der Waals surface area contributed by atoms with Gasteiger partial charge in [0.15, 0.2) is 5.82 Å². The Balaban J connectivity index is 1.92. The summed E-state index contributed by atoms with van der Waals surface area (Å²) in [7, 11) is 0. The van der Waals surface area contributed by atoms with Gasteiger partial charge in [-0.3, -0.25) is 0 Å². The third kappa shape index (κ3) is 4.21. The Morgan fingerprint density at radius 3 is 1.50 bits per heavy atom. The van der Waals surface area contributed by atoms with Gasteiger partial charge in [0, 0.05) is 0 Å². The van der Waals surface area contributed by atoms with E-state index in [0.29, 0.717) is 5.82 Å². The summed E-state index contributed by atoms with van der Waals surface area (Å²) in [5.74, 6) is 0.182. The molecule has 1 heterocycles. The minimum absolute atomic E-state index is 0.150. The predicted molar refractivity (Wildman–Crippen MR) is 137 cm³/mol. The summed E-state index contributed by atoms with van der Waals surface area (Å²) in [4.78, 5) is 4.58. The van der Waals surface area contributed by atoms with Gasteiger partial charge in [0.1, 0.15) is 17.5 Å². The fourth-order valence-electron chi connectivity index (χ4n) is 4.70. The van der Waals surface area contributed by atoms with Crippen molar-refractivity contribution in [2.45, 2.75) is 38.9 Å². The van der Waals surface area contributed by atoms with Crippen LogP contribution in [0.5, 0.6) is 0 Å². The summed E-state index contributed by atoms with van der Waals surface area (Å²) in [6.45, 7) is 7.62. The highest BCUT2D eigenvalue weighted by Crippen LogP contribution is 2.40. The van der Waals surface area contributed by atoms with Gasteiger partial charge in [0.2, 0.25) is 0 Å². The summed E-state index contributed by atoms with van der Waals surface area (Å²) in [6.07, 6.45) is 5.08. The highest BCUT2D eigenvalue weighted by molar-refractivity contribution is 5.51. The van der Waals surface area contributed by atoms with Gasteiger partial charge in [-0.1, -0.05) is 119 Å². The number of allylic oxidation sites excluding steroid dienone is 1. The van der Waals surface area contributed by atoms with Crippen LogP contribution in [0.25, 0.3) is 6.08 Å². The molecular formula is C30H32FN3. The van der Waals surface area contributed by atoms with Crippen molar-refractivity contribution in [1.82, 2.24) is 14.8 Å². The molecule has 3 nitrogen and oxygen atoms in total. The molecule has 0 unspecified atom stereocenters. The van der Waals surface area contributed by atoms with E-state index in [1.807, 2.05) is 87.0 Å². The lowest BCUT2D eigenvalue weighted by atomic mass is 9.77. The summed E-state index contributed by atoms with van der Waals surface area (Å²) < 4.78 is 17.5. The Morgan fingerprint density at radius 1 is 0.706 bits per heavy atom. The van der Waals surface area contributed by atoms with Crippen molar-refractivity contribution in [2.24, 2.45) is 11.8 Å². The average Bonchev–Trinajstić information content (AvgIpc) is 3.34. The third-order valence-electron chi connectivity index (χ3n) is 6.69. The molecule has 0 bridgehead atoms. The average molecular weight is 454 g/mol. The number of benzene rings is 3. The number of hydrogen-bond donors (Lipinski definition) is 0. The number of aromatic nitrogens is 3. The fourth-order valence-corrected chi connectivity index (χ4v) is 4.70. The summed E-state index contributed by atoms with van der Waals surface area (Å²) in [6, 6.07) is 30.9. The van der Waals surface area contributed by atoms with Crippen molar-refractivity contribution in [3.8, 4) is 0 Å². The van der Waals surface area contributed by atoms with Crippen molar-refractivity contribution >= 4 is 6.08 Å². The second kappa shape index (κ2) is 9.76. The number of nitrogens with zero attached hydrogens (tertiary/aromatic N) is 3. The molecule has 0 radical (unpaired) electrons. The fraction of sp³-hybridized carbons (Fsp3) is 0.267. The van der Waals surface area contributed by atoms with E-state index in [4.69, 9.17) is 5.10 Å². The van der Waals surface area contributed by atoms with Gasteiger partial charge in [0.05, 0.1) is 0 Å². The van der Waals surface area contributed by atoms with Crippen LogP contribution < -0.4 is 0 Å². The highest BCUT2D eigenvalue weighted by Gasteiger charge is 2.40. The van der Waals surface area contributed by atoms with Crippen LogP contribution in [0.2, 0.25) is 0 Å². The monoisotopic (exact) mass is 453 g/mol. The summed E-state index contributed by atoms with van der Waals surface area (Å²) >= 11 is 0. The van der Waals surface area contributed by atoms with Crippen molar-refractivity contribution in [3.63, 3.8) is 0 Å². The lowest BCUT2D eigenvalue weighted by Crippen LogP contribution is -2.38. The molecule has 3 aromatic carbocycles. The van der Waals surface area contributed by atoms with E-state index in [0.717, 1.165) is 16.7 Å². The molecule has 0 fully saturated rings. The van der Waals surface area contributed by atoms with E-state index < -0.39 is 11.2 Å². The van der Waals surface area contributed by atoms with Crippen molar-refractivity contribution in [1.29, 1.82) is 0 Å². The molecule has 0 aliphatic heterocycles. The zero-order chi connectivity index (χ0) is 24.2. The van der Waals surface area contributed by atoms with E-state index in [1.165, 1.54) is 0 Å². The number of alkyl halides is 1. The molecule has 0 aliphatic rings. The lowest BCUT2D eigenvalue weighted by Gasteiger charge is -2.35. The topological polar surface area (TPSA) is 30.7 Å². The SMILES string of the molecule is CC(C)C(F)(/C=C/c1ncn(C(c2ccccc2)(c2ccccc2)c2ccccc2)n1)C(C)C. The van der Waals surface area contributed by atoms with Crippen LogP contribution in [0, 0.1) is 11.8 Å². The maximum absolute atomic E-state index is 15.6. The standard InChI is InChI=1S/C30H32FN3/c1-23(2)29(31,24(3)4)21-20-28-32-22-34(33-28)30(25-14-8-5-9-15-25,26-16-10-6-11-17-26)27-18-12-7-13-19-27/h5-24H,1-4H3/b21-20+. The number of halogens is 1. The lowest BCUT2D eigenvalue weighted by molar-refractivity contribution is 0.102. The minimum atomic E-state index is -1.43. The van der Waals surface area contributed by atoms with Crippen LogP contribution in [0.15, 0.2) is 103 Å². The van der Waals surface area contributed by atoms with Gasteiger partial charge in [-0.15, -0.1) is 0 Å². The molecule has 0 atom stereocenters. The van der Waals surface area contributed by atoms with Crippen LogP contribution in [0.3, 0.4) is 0 Å². The molecule has 174 valence electrons. The quantitative estimate of drug-likeness (QED) is 0.265. The first kappa shape index (κ1) is 23.6. The predicted octanol–water partition coefficient (Wildman–Crippen LogP) is 7.15. The van der Waals surface area contributed by atoms with Gasteiger partial charge in [-0.25, -0.2) is 14.1 Å². The molecule has 4 aromatic rings. The first-order chi connectivity index (χ1) is 16.4. The zero-order valence-electron chi connectivity index (χ0n) is 20.3. The Kier molecular flexibility index (Phi) is 6.78. The molecule has 0 saturated heterocycles. The third-order valence-corrected chi connectivity index (χ3v) is 6.69. The molecule has 0 spiro atoms. The van der Waals surface area contributed by atoms with Gasteiger partial charge in [-0.05, 0) is 40.7 Å². The summed E-state index contributed by atoms with van der Waals surface area (Å²) in [5.41, 5.74) is 1.04. The maximum atomic E-state index is 15.6. The molecule has 0 N–H and O–H groups in total. The smallest absolute Gasteiger partial charge is 0.173 e. The Morgan fingerprint density at radius 2 is 1.12 bits per heavy atom. The number of rotatable bonds is 8. The molecule has 0 amide bonds. The molecule has 0 aliphatic carbocycles. The Hall–Kier alpha value is -3.53. The van der Waals surface area contributed by atoms with Crippen molar-refractivity contribution < 1.29 is 4.39 Å². The van der Waals surface area contributed by atoms with Gasteiger partial charge in [0.25, 0.3) is 0 Å². The van der Waals surface area contributed by atoms with Gasteiger partial charge < -0.3 is 0 Å². The number of hydrogen-bond acceptors (Lipinski definition) is 2. The van der Waals surface area contributed by atoms with E-state index in [-0.39, 0.29) is 11.8 Å². The highest BCUT2D eigenvalue weighted by atomic mass is 19.1. The zero-order valence-corrected chi connectivity index (χ0v) is 20.3. The van der Waals surface area contributed by atoms with Crippen molar-refractivity contribution in [2.75, 3.05) is 0 Å². The van der Waals surface area contributed by atoms with Crippen LogP contribution in [0.1, 0.15) is 50.2 Å². The first-order valence-electron chi connectivity index (χ1n) is 11.9. The normalized spacial score (nSPS) is 12.7. The molecule has 34 heavy (non-hydrogen) atoms. The van der Waals surface area contributed by atoms with E-state index in [9.17, 15) is 0 Å². The van der Waals surface area contributed by atoms with Gasteiger partial charge >= 0.3 is 0 Å². The molecule has 4 heteroatoms. The van der Waals surface area contributed by atoms with Crippen LogP contribution >= 0.6 is 0 Å². The summed E-state index contributed by atoms with van der Waals surface area (Å²) in [5, 5.41) is 4.89. The molecule has 0 saturated carbocycles. The van der Waals surface area contributed by atoms with E-state index in [1.54, 1.807) is 18.5 Å². The van der Waals surface area contributed by atoms with E-state index in [2.05, 4.69) is 41.4 Å². The van der Waals surface area contributed by atoms with Crippen molar-refractivity contribution in [3.05, 3.63) is 126 Å². The molecule has 1 aromatic heterocycles. The molecular weight excluding hydrogens is 421 g/mol.